The van der Waals surface area contributed by atoms with Crippen molar-refractivity contribution in [1.82, 2.24) is 9.88 Å². The maximum absolute atomic E-state index is 12.9. The van der Waals surface area contributed by atoms with Crippen molar-refractivity contribution in [2.75, 3.05) is 27.3 Å². The number of nitrogens with zero attached hydrogens (tertiary/aromatic N) is 2. The first-order valence-corrected chi connectivity index (χ1v) is 8.93. The summed E-state index contributed by atoms with van der Waals surface area (Å²) in [5.74, 6) is 1.58. The molecule has 1 saturated heterocycles. The fourth-order valence-electron chi connectivity index (χ4n) is 3.07. The van der Waals surface area contributed by atoms with Crippen LogP contribution in [0.3, 0.4) is 0 Å². The van der Waals surface area contributed by atoms with Gasteiger partial charge < -0.3 is 14.4 Å². The molecule has 2 aromatic rings. The van der Waals surface area contributed by atoms with Gasteiger partial charge in [-0.15, -0.1) is 11.3 Å². The number of aromatic nitrogens is 1. The maximum Gasteiger partial charge on any atom is 0.254 e. The molecule has 0 bridgehead atoms. The van der Waals surface area contributed by atoms with E-state index in [0.29, 0.717) is 23.0 Å². The fraction of sp³-hybridized carbons (Fsp3) is 0.444. The molecule has 1 atom stereocenters. The van der Waals surface area contributed by atoms with Crippen LogP contribution >= 0.6 is 11.3 Å². The molecule has 2 heterocycles. The van der Waals surface area contributed by atoms with Crippen molar-refractivity contribution in [2.24, 2.45) is 0 Å². The van der Waals surface area contributed by atoms with Gasteiger partial charge in [-0.05, 0) is 38.0 Å². The molecule has 0 spiro atoms. The van der Waals surface area contributed by atoms with Gasteiger partial charge in [-0.25, -0.2) is 4.98 Å². The van der Waals surface area contributed by atoms with Gasteiger partial charge in [0.1, 0.15) is 0 Å². The monoisotopic (exact) mass is 346 g/mol. The SMILES string of the molecule is COc1ccc(C(=O)N2CCC[C@@H](c3nc(C)cs3)C2)cc1OC. The molecule has 1 amide bonds. The lowest BCUT2D eigenvalue weighted by Crippen LogP contribution is -2.39. The van der Waals surface area contributed by atoms with Gasteiger partial charge in [0.25, 0.3) is 5.91 Å². The van der Waals surface area contributed by atoms with Gasteiger partial charge in [0.05, 0.1) is 19.2 Å². The Bertz CT molecular complexity index is 729. The van der Waals surface area contributed by atoms with Gasteiger partial charge >= 0.3 is 0 Å². The van der Waals surface area contributed by atoms with Crippen LogP contribution in [0.1, 0.15) is 39.8 Å². The van der Waals surface area contributed by atoms with Crippen molar-refractivity contribution in [3.8, 4) is 11.5 Å². The summed E-state index contributed by atoms with van der Waals surface area (Å²) in [6.45, 7) is 3.52. The summed E-state index contributed by atoms with van der Waals surface area (Å²) in [5, 5.41) is 3.21. The molecule has 128 valence electrons. The molecule has 1 aromatic heterocycles. The number of ether oxygens (including phenoxy) is 2. The number of carbonyl (C=O) groups excluding carboxylic acids is 1. The number of benzene rings is 1. The smallest absolute Gasteiger partial charge is 0.254 e. The molecule has 0 aliphatic carbocycles. The third-order valence-corrected chi connectivity index (χ3v) is 5.45. The first-order chi connectivity index (χ1) is 11.6. The van der Waals surface area contributed by atoms with E-state index in [4.69, 9.17) is 9.47 Å². The lowest BCUT2D eigenvalue weighted by atomic mass is 9.98. The minimum Gasteiger partial charge on any atom is -0.493 e. The second kappa shape index (κ2) is 7.21. The zero-order valence-corrected chi connectivity index (χ0v) is 15.1. The molecule has 1 fully saturated rings. The molecule has 0 radical (unpaired) electrons. The van der Waals surface area contributed by atoms with E-state index in [2.05, 4.69) is 10.4 Å². The zero-order valence-electron chi connectivity index (χ0n) is 14.2. The number of methoxy groups -OCH3 is 2. The van der Waals surface area contributed by atoms with Crippen molar-refractivity contribution >= 4 is 17.2 Å². The molecule has 24 heavy (non-hydrogen) atoms. The highest BCUT2D eigenvalue weighted by molar-refractivity contribution is 7.09. The molecular formula is C18H22N2O3S. The summed E-state index contributed by atoms with van der Waals surface area (Å²) in [6.07, 6.45) is 2.09. The van der Waals surface area contributed by atoms with Crippen molar-refractivity contribution in [2.45, 2.75) is 25.7 Å². The number of aryl methyl sites for hydroxylation is 1. The van der Waals surface area contributed by atoms with E-state index in [9.17, 15) is 4.79 Å². The van der Waals surface area contributed by atoms with E-state index in [0.717, 1.165) is 36.6 Å². The zero-order chi connectivity index (χ0) is 17.1. The van der Waals surface area contributed by atoms with Crippen molar-refractivity contribution in [3.63, 3.8) is 0 Å². The van der Waals surface area contributed by atoms with Crippen LogP contribution in [0.2, 0.25) is 0 Å². The lowest BCUT2D eigenvalue weighted by molar-refractivity contribution is 0.0706. The fourth-order valence-corrected chi connectivity index (χ4v) is 4.00. The molecule has 6 heteroatoms. The van der Waals surface area contributed by atoms with Crippen LogP contribution in [0, 0.1) is 6.92 Å². The van der Waals surface area contributed by atoms with Crippen molar-refractivity contribution in [1.29, 1.82) is 0 Å². The summed E-state index contributed by atoms with van der Waals surface area (Å²) in [5.41, 5.74) is 1.68. The van der Waals surface area contributed by atoms with E-state index in [-0.39, 0.29) is 5.91 Å². The quantitative estimate of drug-likeness (QED) is 0.850. The van der Waals surface area contributed by atoms with Gasteiger partial charge in [-0.1, -0.05) is 0 Å². The lowest BCUT2D eigenvalue weighted by Gasteiger charge is -2.32. The summed E-state index contributed by atoms with van der Waals surface area (Å²) < 4.78 is 10.5. The number of hydrogen-bond acceptors (Lipinski definition) is 5. The minimum atomic E-state index is 0.0360. The number of hydrogen-bond donors (Lipinski definition) is 0. The predicted octanol–water partition coefficient (Wildman–Crippen LogP) is 3.49. The summed E-state index contributed by atoms with van der Waals surface area (Å²) in [4.78, 5) is 19.4. The van der Waals surface area contributed by atoms with E-state index >= 15 is 0 Å². The van der Waals surface area contributed by atoms with Gasteiger partial charge in [0, 0.05) is 35.6 Å². The summed E-state index contributed by atoms with van der Waals surface area (Å²) in [6, 6.07) is 5.32. The average molecular weight is 346 g/mol. The van der Waals surface area contributed by atoms with Gasteiger partial charge in [-0.3, -0.25) is 4.79 Å². The van der Waals surface area contributed by atoms with Gasteiger partial charge in [0.2, 0.25) is 0 Å². The normalized spacial score (nSPS) is 17.6. The average Bonchev–Trinajstić information content (AvgIpc) is 3.07. The van der Waals surface area contributed by atoms with Crippen LogP contribution in [-0.4, -0.2) is 43.1 Å². The Hall–Kier alpha value is -2.08. The van der Waals surface area contributed by atoms with Crippen LogP contribution in [0.4, 0.5) is 0 Å². The van der Waals surface area contributed by atoms with E-state index in [1.165, 1.54) is 0 Å². The van der Waals surface area contributed by atoms with Gasteiger partial charge in [-0.2, -0.15) is 0 Å². The maximum atomic E-state index is 12.9. The molecule has 5 nitrogen and oxygen atoms in total. The first-order valence-electron chi connectivity index (χ1n) is 8.05. The van der Waals surface area contributed by atoms with Crippen LogP contribution in [0.25, 0.3) is 0 Å². The van der Waals surface area contributed by atoms with Crippen LogP contribution < -0.4 is 9.47 Å². The molecule has 3 rings (SSSR count). The van der Waals surface area contributed by atoms with Crippen molar-refractivity contribution < 1.29 is 14.3 Å². The van der Waals surface area contributed by atoms with Crippen LogP contribution in [-0.2, 0) is 0 Å². The van der Waals surface area contributed by atoms with Crippen molar-refractivity contribution in [3.05, 3.63) is 39.8 Å². The predicted molar refractivity (Wildman–Crippen MR) is 94.3 cm³/mol. The molecule has 0 unspecified atom stereocenters. The van der Waals surface area contributed by atoms with Crippen LogP contribution in [0.15, 0.2) is 23.6 Å². The highest BCUT2D eigenvalue weighted by Crippen LogP contribution is 2.31. The summed E-state index contributed by atoms with van der Waals surface area (Å²) >= 11 is 1.69. The van der Waals surface area contributed by atoms with E-state index < -0.39 is 0 Å². The Labute approximate surface area is 146 Å². The molecule has 1 aliphatic heterocycles. The second-order valence-corrected chi connectivity index (χ2v) is 6.88. The minimum absolute atomic E-state index is 0.0360. The van der Waals surface area contributed by atoms with E-state index in [1.54, 1.807) is 43.8 Å². The number of thiazole rings is 1. The molecule has 1 aliphatic rings. The molecular weight excluding hydrogens is 324 g/mol. The van der Waals surface area contributed by atoms with Gasteiger partial charge in [0.15, 0.2) is 11.5 Å². The Morgan fingerprint density at radius 3 is 2.75 bits per heavy atom. The number of piperidine rings is 1. The van der Waals surface area contributed by atoms with E-state index in [1.807, 2.05) is 11.8 Å². The number of carbonyl (C=O) groups is 1. The second-order valence-electron chi connectivity index (χ2n) is 5.99. The number of rotatable bonds is 4. The third-order valence-electron chi connectivity index (χ3n) is 4.33. The highest BCUT2D eigenvalue weighted by Gasteiger charge is 2.27. The Morgan fingerprint density at radius 1 is 1.29 bits per heavy atom. The Balaban J connectivity index is 1.77. The third kappa shape index (κ3) is 3.38. The standard InChI is InChI=1S/C18H22N2O3S/c1-12-11-24-17(19-12)14-5-4-8-20(10-14)18(21)13-6-7-15(22-2)16(9-13)23-3/h6-7,9,11,14H,4-5,8,10H2,1-3H3/t14-/m1/s1. The topological polar surface area (TPSA) is 51.7 Å². The molecule has 0 saturated carbocycles. The highest BCUT2D eigenvalue weighted by atomic mass is 32.1. The Kier molecular flexibility index (Phi) is 5.04. The molecule has 0 N–H and O–H groups in total. The number of amides is 1. The van der Waals surface area contributed by atoms with Crippen LogP contribution in [0.5, 0.6) is 11.5 Å². The number of likely N-dealkylation sites (tertiary alicyclic amines) is 1. The summed E-state index contributed by atoms with van der Waals surface area (Å²) in [7, 11) is 3.17. The largest absolute Gasteiger partial charge is 0.493 e. The first kappa shape index (κ1) is 16.8. The Morgan fingerprint density at radius 2 is 2.08 bits per heavy atom. The molecule has 1 aromatic carbocycles.